The first kappa shape index (κ1) is 17.6. The number of nitrogens with zero attached hydrogens (tertiary/aromatic N) is 4. The van der Waals surface area contributed by atoms with Crippen molar-refractivity contribution in [2.75, 3.05) is 7.11 Å². The maximum atomic E-state index is 12.2. The fourth-order valence-corrected chi connectivity index (χ4v) is 2.50. The van der Waals surface area contributed by atoms with Crippen LogP contribution in [0.25, 0.3) is 0 Å². The number of nitrogens with one attached hydrogen (secondary N) is 2. The summed E-state index contributed by atoms with van der Waals surface area (Å²) in [6, 6.07) is 1.89. The number of hydrogen-bond donors (Lipinski definition) is 3. The smallest absolute Gasteiger partial charge is 0.290 e. The number of methoxy groups -OCH3 is 1. The van der Waals surface area contributed by atoms with Gasteiger partial charge in [0.15, 0.2) is 0 Å². The van der Waals surface area contributed by atoms with Crippen molar-refractivity contribution in [3.63, 3.8) is 0 Å². The zero-order valence-corrected chi connectivity index (χ0v) is 13.3. The number of ether oxygens (including phenoxy) is 1. The quantitative estimate of drug-likeness (QED) is 0.639. The molecule has 0 aliphatic carbocycles. The van der Waals surface area contributed by atoms with Gasteiger partial charge < -0.3 is 15.2 Å². The number of amides is 1. The van der Waals surface area contributed by atoms with Crippen LogP contribution in [0.15, 0.2) is 12.4 Å². The van der Waals surface area contributed by atoms with Crippen molar-refractivity contribution in [2.24, 2.45) is 5.92 Å². The Hall–Kier alpha value is -2.75. The first-order valence-corrected chi connectivity index (χ1v) is 7.42. The number of rotatable bonds is 5. The van der Waals surface area contributed by atoms with Gasteiger partial charge in [-0.1, -0.05) is 0 Å². The second-order valence-electron chi connectivity index (χ2n) is 5.23. The fraction of sp³-hybridized carbons (Fsp3) is 0.500. The highest BCUT2D eigenvalue weighted by Gasteiger charge is 2.25. The molecule has 2 aromatic heterocycles. The molecule has 1 aliphatic rings. The molecule has 3 N–H and O–H groups in total. The van der Waals surface area contributed by atoms with Crippen molar-refractivity contribution >= 4 is 12.4 Å². The molecule has 0 saturated heterocycles. The van der Waals surface area contributed by atoms with Crippen LogP contribution in [0, 0.1) is 5.92 Å². The van der Waals surface area contributed by atoms with E-state index in [1.54, 1.807) is 11.8 Å². The molecule has 1 unspecified atom stereocenters. The monoisotopic (exact) mass is 336 g/mol. The van der Waals surface area contributed by atoms with Crippen molar-refractivity contribution in [1.82, 2.24) is 30.3 Å². The molecular weight excluding hydrogens is 316 g/mol. The van der Waals surface area contributed by atoms with E-state index >= 15 is 0 Å². The predicted octanol–water partition coefficient (Wildman–Crippen LogP) is -0.273. The molecule has 1 amide bonds. The maximum Gasteiger partial charge on any atom is 0.290 e. The van der Waals surface area contributed by atoms with Gasteiger partial charge in [0.25, 0.3) is 6.47 Å². The normalized spacial score (nSPS) is 15.8. The van der Waals surface area contributed by atoms with E-state index in [0.29, 0.717) is 19.7 Å². The molecule has 0 bridgehead atoms. The highest BCUT2D eigenvalue weighted by atomic mass is 16.5. The number of aromatic nitrogens is 5. The van der Waals surface area contributed by atoms with Gasteiger partial charge in [0.1, 0.15) is 12.2 Å². The molecule has 130 valence electrons. The van der Waals surface area contributed by atoms with Gasteiger partial charge in [0, 0.05) is 13.5 Å². The Morgan fingerprint density at radius 3 is 3.17 bits per heavy atom. The summed E-state index contributed by atoms with van der Waals surface area (Å²) in [5, 5.41) is 20.9. The Morgan fingerprint density at radius 1 is 1.62 bits per heavy atom. The van der Waals surface area contributed by atoms with E-state index in [0.717, 1.165) is 30.1 Å². The molecular formula is C14H20N6O4. The lowest BCUT2D eigenvalue weighted by atomic mass is 9.99. The third-order valence-electron chi connectivity index (χ3n) is 3.61. The Balaban J connectivity index is 0.000000647. The van der Waals surface area contributed by atoms with E-state index < -0.39 is 0 Å². The van der Waals surface area contributed by atoms with Crippen LogP contribution < -0.4 is 5.32 Å². The van der Waals surface area contributed by atoms with Crippen molar-refractivity contribution in [2.45, 2.75) is 32.5 Å². The van der Waals surface area contributed by atoms with E-state index in [4.69, 9.17) is 14.6 Å². The molecule has 0 spiro atoms. The lowest BCUT2D eigenvalue weighted by molar-refractivity contribution is -0.126. The summed E-state index contributed by atoms with van der Waals surface area (Å²) in [5.41, 5.74) is 1.69. The summed E-state index contributed by atoms with van der Waals surface area (Å²) >= 11 is 0. The van der Waals surface area contributed by atoms with Gasteiger partial charge in [-0.3, -0.25) is 14.7 Å². The first-order valence-electron chi connectivity index (χ1n) is 7.42. The van der Waals surface area contributed by atoms with Crippen LogP contribution in [0.2, 0.25) is 0 Å². The summed E-state index contributed by atoms with van der Waals surface area (Å²) in [6.45, 7) is 1.25. The Labute approximate surface area is 138 Å². The average molecular weight is 336 g/mol. The molecule has 0 radical (unpaired) electrons. The minimum Gasteiger partial charge on any atom is -0.483 e. The highest BCUT2D eigenvalue weighted by molar-refractivity contribution is 5.78. The molecule has 1 atom stereocenters. The minimum absolute atomic E-state index is 0.0408. The van der Waals surface area contributed by atoms with Gasteiger partial charge in [-0.2, -0.15) is 10.2 Å². The highest BCUT2D eigenvalue weighted by Crippen LogP contribution is 2.17. The van der Waals surface area contributed by atoms with Crippen LogP contribution in [0.3, 0.4) is 0 Å². The van der Waals surface area contributed by atoms with E-state index in [9.17, 15) is 4.79 Å². The standard InChI is InChI=1S/C13H18N6O2.CH2O2/c1-21-7-11-4-10(17-18-11)5-14-13(20)9-2-3-12-15-8-16-19(12)6-9;2-1-3/h4,8-9H,2-3,5-7H2,1H3,(H,14,20)(H,17,18);1H,(H,2,3). The molecule has 2 aromatic rings. The van der Waals surface area contributed by atoms with Crippen LogP contribution >= 0.6 is 0 Å². The third kappa shape index (κ3) is 4.62. The van der Waals surface area contributed by atoms with Crippen molar-refractivity contribution in [1.29, 1.82) is 0 Å². The molecule has 0 fully saturated rings. The summed E-state index contributed by atoms with van der Waals surface area (Å²) in [7, 11) is 1.62. The molecule has 10 nitrogen and oxygen atoms in total. The molecule has 10 heteroatoms. The van der Waals surface area contributed by atoms with Gasteiger partial charge >= 0.3 is 0 Å². The Morgan fingerprint density at radius 2 is 2.42 bits per heavy atom. The predicted molar refractivity (Wildman–Crippen MR) is 81.7 cm³/mol. The summed E-state index contributed by atoms with van der Waals surface area (Å²) < 4.78 is 6.81. The molecule has 24 heavy (non-hydrogen) atoms. The Bertz CT molecular complexity index is 668. The van der Waals surface area contributed by atoms with Crippen molar-refractivity contribution in [3.05, 3.63) is 29.6 Å². The van der Waals surface area contributed by atoms with Crippen LogP contribution in [-0.2, 0) is 40.4 Å². The molecule has 0 saturated carbocycles. The molecule has 3 rings (SSSR count). The van der Waals surface area contributed by atoms with E-state index in [2.05, 4.69) is 25.6 Å². The van der Waals surface area contributed by atoms with Crippen LogP contribution in [0.5, 0.6) is 0 Å². The number of carboxylic acid groups (broad SMARTS) is 1. The minimum atomic E-state index is -0.250. The lowest BCUT2D eigenvalue weighted by Gasteiger charge is -2.21. The topological polar surface area (TPSA) is 135 Å². The zero-order valence-electron chi connectivity index (χ0n) is 13.3. The number of H-pyrrole nitrogens is 1. The van der Waals surface area contributed by atoms with Crippen LogP contribution in [-0.4, -0.2) is 49.6 Å². The van der Waals surface area contributed by atoms with Gasteiger partial charge in [-0.05, 0) is 12.5 Å². The maximum absolute atomic E-state index is 12.2. The largest absolute Gasteiger partial charge is 0.483 e. The molecule has 3 heterocycles. The number of aryl methyl sites for hydroxylation is 1. The van der Waals surface area contributed by atoms with Gasteiger partial charge in [-0.25, -0.2) is 9.67 Å². The second-order valence-corrected chi connectivity index (χ2v) is 5.23. The lowest BCUT2D eigenvalue weighted by Crippen LogP contribution is -2.36. The number of fused-ring (bicyclic) bond motifs is 1. The number of carbonyl (C=O) groups is 2. The van der Waals surface area contributed by atoms with E-state index in [1.165, 1.54) is 6.33 Å². The third-order valence-corrected chi connectivity index (χ3v) is 3.61. The fourth-order valence-electron chi connectivity index (χ4n) is 2.50. The van der Waals surface area contributed by atoms with Crippen LogP contribution in [0.1, 0.15) is 23.6 Å². The molecule has 1 aliphatic heterocycles. The zero-order chi connectivity index (χ0) is 17.4. The number of carbonyl (C=O) groups excluding carboxylic acids is 1. The number of aromatic amines is 1. The second kappa shape index (κ2) is 8.77. The van der Waals surface area contributed by atoms with E-state index in [-0.39, 0.29) is 18.3 Å². The average Bonchev–Trinajstić information content (AvgIpc) is 3.22. The van der Waals surface area contributed by atoms with Crippen molar-refractivity contribution in [3.8, 4) is 0 Å². The van der Waals surface area contributed by atoms with Gasteiger partial charge in [-0.15, -0.1) is 0 Å². The van der Waals surface area contributed by atoms with Crippen molar-refractivity contribution < 1.29 is 19.4 Å². The number of hydrogen-bond acceptors (Lipinski definition) is 6. The molecule has 0 aromatic carbocycles. The van der Waals surface area contributed by atoms with Gasteiger partial charge in [0.2, 0.25) is 5.91 Å². The van der Waals surface area contributed by atoms with E-state index in [1.807, 2.05) is 6.07 Å². The SMILES string of the molecule is COCc1cc(CNC(=O)C2CCc3ncnn3C2)[nH]n1.O=CO. The first-order chi connectivity index (χ1) is 11.7. The Kier molecular flexibility index (Phi) is 6.43. The summed E-state index contributed by atoms with van der Waals surface area (Å²) in [4.78, 5) is 24.7. The van der Waals surface area contributed by atoms with Crippen LogP contribution in [0.4, 0.5) is 0 Å². The van der Waals surface area contributed by atoms with Gasteiger partial charge in [0.05, 0.1) is 37.0 Å². The summed E-state index contributed by atoms with van der Waals surface area (Å²) in [6.07, 6.45) is 3.14. The summed E-state index contributed by atoms with van der Waals surface area (Å²) in [5.74, 6) is 0.941.